The van der Waals surface area contributed by atoms with Crippen LogP contribution in [0, 0.1) is 6.92 Å². The maximum atomic E-state index is 5.90. The lowest BCUT2D eigenvalue weighted by molar-refractivity contribution is 0.443. The lowest BCUT2D eigenvalue weighted by atomic mass is 10.1. The van der Waals surface area contributed by atoms with Gasteiger partial charge in [0.2, 0.25) is 0 Å². The molecule has 2 heterocycles. The lowest BCUT2D eigenvalue weighted by Gasteiger charge is -2.10. The predicted molar refractivity (Wildman–Crippen MR) is 70.4 cm³/mol. The number of aromatic nitrogens is 4. The van der Waals surface area contributed by atoms with Crippen LogP contribution in [0.4, 0.5) is 0 Å². The van der Waals surface area contributed by atoms with Gasteiger partial charge >= 0.3 is 0 Å². The fourth-order valence-electron chi connectivity index (χ4n) is 2.20. The van der Waals surface area contributed by atoms with Gasteiger partial charge in [-0.25, -0.2) is 0 Å². The zero-order valence-electron chi connectivity index (χ0n) is 10.8. The molecule has 3 rings (SSSR count). The van der Waals surface area contributed by atoms with Crippen LogP contribution in [-0.4, -0.2) is 20.6 Å². The van der Waals surface area contributed by atoms with Crippen molar-refractivity contribution in [3.63, 3.8) is 0 Å². The Morgan fingerprint density at radius 1 is 1.37 bits per heavy atom. The van der Waals surface area contributed by atoms with Gasteiger partial charge in [-0.1, -0.05) is 23.4 Å². The summed E-state index contributed by atoms with van der Waals surface area (Å²) in [5.74, 6) is 1.59. The molecule has 0 amide bonds. The normalized spacial score (nSPS) is 12.9. The van der Waals surface area contributed by atoms with Gasteiger partial charge in [-0.3, -0.25) is 0 Å². The number of benzene rings is 1. The molecule has 1 aromatic carbocycles. The van der Waals surface area contributed by atoms with Crippen LogP contribution < -0.4 is 5.32 Å². The number of aromatic amines is 1. The number of rotatable bonds is 4. The van der Waals surface area contributed by atoms with Gasteiger partial charge < -0.3 is 9.73 Å². The number of nitrogens with one attached hydrogen (secondary N) is 2. The number of hydrogen-bond acceptors (Lipinski definition) is 5. The summed E-state index contributed by atoms with van der Waals surface area (Å²) in [6.07, 6.45) is 0. The predicted octanol–water partition coefficient (Wildman–Crippen LogP) is 2.11. The molecule has 0 saturated heterocycles. The van der Waals surface area contributed by atoms with Gasteiger partial charge in [0.1, 0.15) is 11.3 Å². The Hall–Kier alpha value is -2.21. The third-order valence-corrected chi connectivity index (χ3v) is 3.23. The first-order chi connectivity index (χ1) is 9.25. The first-order valence-corrected chi connectivity index (χ1v) is 6.19. The standard InChI is InChI=1S/C13H15N5O/c1-8-10-5-3-4-6-11(10)19-13(8)9(2)14-7-12-15-17-18-16-12/h3-6,9,14H,7H2,1-2H3,(H,15,16,17,18). The SMILES string of the molecule is Cc1c(C(C)NCc2nn[nH]n2)oc2ccccc12. The molecule has 0 aliphatic carbocycles. The number of tetrazole rings is 1. The van der Waals surface area contributed by atoms with Gasteiger partial charge in [0.15, 0.2) is 5.82 Å². The lowest BCUT2D eigenvalue weighted by Crippen LogP contribution is -2.19. The minimum absolute atomic E-state index is 0.0888. The van der Waals surface area contributed by atoms with Gasteiger partial charge in [-0.15, -0.1) is 10.2 Å². The van der Waals surface area contributed by atoms with E-state index in [1.54, 1.807) is 0 Å². The molecular formula is C13H15N5O. The molecule has 0 fully saturated rings. The van der Waals surface area contributed by atoms with Gasteiger partial charge in [-0.2, -0.15) is 5.21 Å². The van der Waals surface area contributed by atoms with Gasteiger partial charge in [0, 0.05) is 5.39 Å². The minimum atomic E-state index is 0.0888. The molecule has 1 atom stereocenters. The van der Waals surface area contributed by atoms with Gasteiger partial charge in [-0.05, 0) is 25.5 Å². The Kier molecular flexibility index (Phi) is 3.00. The molecule has 3 aromatic rings. The second kappa shape index (κ2) is 4.81. The number of aryl methyl sites for hydroxylation is 1. The number of nitrogens with zero attached hydrogens (tertiary/aromatic N) is 3. The molecule has 0 aliphatic heterocycles. The van der Waals surface area contributed by atoms with Crippen molar-refractivity contribution in [3.8, 4) is 0 Å². The molecule has 2 N–H and O–H groups in total. The third kappa shape index (κ3) is 2.22. The smallest absolute Gasteiger partial charge is 0.188 e. The van der Waals surface area contributed by atoms with Crippen molar-refractivity contribution < 1.29 is 4.42 Å². The Bertz CT molecular complexity index is 673. The molecule has 0 saturated carbocycles. The number of hydrogen-bond donors (Lipinski definition) is 2. The van der Waals surface area contributed by atoms with E-state index in [-0.39, 0.29) is 6.04 Å². The Balaban J connectivity index is 1.81. The molecule has 1 unspecified atom stereocenters. The first-order valence-electron chi connectivity index (χ1n) is 6.19. The van der Waals surface area contributed by atoms with E-state index in [0.29, 0.717) is 12.4 Å². The van der Waals surface area contributed by atoms with Crippen LogP contribution in [0.15, 0.2) is 28.7 Å². The van der Waals surface area contributed by atoms with Crippen molar-refractivity contribution >= 4 is 11.0 Å². The second-order valence-electron chi connectivity index (χ2n) is 4.52. The molecular weight excluding hydrogens is 242 g/mol. The largest absolute Gasteiger partial charge is 0.459 e. The second-order valence-corrected chi connectivity index (χ2v) is 4.52. The fourth-order valence-corrected chi connectivity index (χ4v) is 2.20. The van der Waals surface area contributed by atoms with Crippen molar-refractivity contribution in [2.75, 3.05) is 0 Å². The Morgan fingerprint density at radius 3 is 2.95 bits per heavy atom. The number of para-hydroxylation sites is 1. The van der Waals surface area contributed by atoms with Crippen LogP contribution in [0.2, 0.25) is 0 Å². The summed E-state index contributed by atoms with van der Waals surface area (Å²) in [6, 6.07) is 8.14. The van der Waals surface area contributed by atoms with Crippen LogP contribution in [0.3, 0.4) is 0 Å². The highest BCUT2D eigenvalue weighted by Crippen LogP contribution is 2.29. The molecule has 19 heavy (non-hydrogen) atoms. The Labute approximate surface area is 110 Å². The van der Waals surface area contributed by atoms with Crippen LogP contribution in [-0.2, 0) is 6.54 Å². The quantitative estimate of drug-likeness (QED) is 0.748. The van der Waals surface area contributed by atoms with E-state index in [1.165, 1.54) is 5.56 Å². The number of furan rings is 1. The average Bonchev–Trinajstić information content (AvgIpc) is 3.05. The highest BCUT2D eigenvalue weighted by atomic mass is 16.3. The van der Waals surface area contributed by atoms with E-state index in [9.17, 15) is 0 Å². The van der Waals surface area contributed by atoms with Crippen LogP contribution >= 0.6 is 0 Å². The highest BCUT2D eigenvalue weighted by molar-refractivity contribution is 5.82. The van der Waals surface area contributed by atoms with Crippen LogP contribution in [0.1, 0.15) is 30.1 Å². The van der Waals surface area contributed by atoms with Crippen LogP contribution in [0.5, 0.6) is 0 Å². The van der Waals surface area contributed by atoms with Crippen LogP contribution in [0.25, 0.3) is 11.0 Å². The van der Waals surface area contributed by atoms with Gasteiger partial charge in [0.25, 0.3) is 0 Å². The van der Waals surface area contributed by atoms with E-state index < -0.39 is 0 Å². The molecule has 0 aliphatic rings. The monoisotopic (exact) mass is 257 g/mol. The van der Waals surface area contributed by atoms with E-state index >= 15 is 0 Å². The van der Waals surface area contributed by atoms with Crippen molar-refractivity contribution in [2.45, 2.75) is 26.4 Å². The van der Waals surface area contributed by atoms with E-state index in [1.807, 2.05) is 18.2 Å². The Morgan fingerprint density at radius 2 is 2.21 bits per heavy atom. The summed E-state index contributed by atoms with van der Waals surface area (Å²) in [4.78, 5) is 0. The van der Waals surface area contributed by atoms with E-state index in [2.05, 4.69) is 45.9 Å². The maximum absolute atomic E-state index is 5.90. The first kappa shape index (κ1) is 11.9. The summed E-state index contributed by atoms with van der Waals surface area (Å²) in [5.41, 5.74) is 2.09. The zero-order chi connectivity index (χ0) is 13.2. The summed E-state index contributed by atoms with van der Waals surface area (Å²) < 4.78 is 5.90. The van der Waals surface area contributed by atoms with E-state index in [4.69, 9.17) is 4.42 Å². The molecule has 2 aromatic heterocycles. The van der Waals surface area contributed by atoms with Crippen molar-refractivity contribution in [2.24, 2.45) is 0 Å². The maximum Gasteiger partial charge on any atom is 0.188 e. The highest BCUT2D eigenvalue weighted by Gasteiger charge is 2.16. The van der Waals surface area contributed by atoms with Crippen molar-refractivity contribution in [1.82, 2.24) is 25.9 Å². The summed E-state index contributed by atoms with van der Waals surface area (Å²) in [7, 11) is 0. The summed E-state index contributed by atoms with van der Waals surface area (Å²) in [6.45, 7) is 4.69. The third-order valence-electron chi connectivity index (χ3n) is 3.23. The van der Waals surface area contributed by atoms with Crippen molar-refractivity contribution in [1.29, 1.82) is 0 Å². The van der Waals surface area contributed by atoms with Crippen molar-refractivity contribution in [3.05, 3.63) is 41.4 Å². The zero-order valence-corrected chi connectivity index (χ0v) is 10.8. The summed E-state index contributed by atoms with van der Waals surface area (Å²) in [5, 5.41) is 18.3. The molecule has 6 heteroatoms. The molecule has 98 valence electrons. The fraction of sp³-hybridized carbons (Fsp3) is 0.308. The topological polar surface area (TPSA) is 79.6 Å². The van der Waals surface area contributed by atoms with E-state index in [0.717, 1.165) is 16.7 Å². The summed E-state index contributed by atoms with van der Waals surface area (Å²) >= 11 is 0. The molecule has 0 radical (unpaired) electrons. The van der Waals surface area contributed by atoms with Gasteiger partial charge in [0.05, 0.1) is 12.6 Å². The number of fused-ring (bicyclic) bond motifs is 1. The average molecular weight is 257 g/mol. The molecule has 6 nitrogen and oxygen atoms in total. The number of H-pyrrole nitrogens is 1. The minimum Gasteiger partial charge on any atom is -0.459 e. The molecule has 0 bridgehead atoms. The molecule has 0 spiro atoms.